The molecule has 0 bridgehead atoms. The molecule has 0 aromatic rings. The van der Waals surface area contributed by atoms with Gasteiger partial charge in [0.1, 0.15) is 11.9 Å². The van der Waals surface area contributed by atoms with Crippen molar-refractivity contribution in [2.75, 3.05) is 6.16 Å². The SMILES string of the molecule is C=C[C@H](C)[C@H](C)C(=O)CP(=O)(OC(C)(C)C)OC(C)(C)C. The highest BCUT2D eigenvalue weighted by molar-refractivity contribution is 7.55. The van der Waals surface area contributed by atoms with Gasteiger partial charge in [-0.2, -0.15) is 0 Å². The molecule has 0 radical (unpaired) electrons. The van der Waals surface area contributed by atoms with Gasteiger partial charge in [-0.25, -0.2) is 0 Å². The number of Topliss-reactive ketones (excluding diaryl/α,β-unsaturated/α-hetero) is 1. The van der Waals surface area contributed by atoms with Gasteiger partial charge >= 0.3 is 7.60 Å². The zero-order valence-electron chi connectivity index (χ0n) is 14.7. The van der Waals surface area contributed by atoms with Crippen LogP contribution in [-0.2, 0) is 18.4 Å². The zero-order chi connectivity index (χ0) is 17.1. The third-order valence-electron chi connectivity index (χ3n) is 2.84. The van der Waals surface area contributed by atoms with Crippen molar-refractivity contribution in [2.24, 2.45) is 11.8 Å². The van der Waals surface area contributed by atoms with Gasteiger partial charge < -0.3 is 9.05 Å². The van der Waals surface area contributed by atoms with E-state index in [4.69, 9.17) is 9.05 Å². The molecule has 4 nitrogen and oxygen atoms in total. The van der Waals surface area contributed by atoms with E-state index < -0.39 is 18.8 Å². The van der Waals surface area contributed by atoms with Crippen molar-refractivity contribution in [1.29, 1.82) is 0 Å². The average Bonchev–Trinajstić information content (AvgIpc) is 2.20. The summed E-state index contributed by atoms with van der Waals surface area (Å²) in [6, 6.07) is 0. The second-order valence-electron chi connectivity index (χ2n) is 7.53. The van der Waals surface area contributed by atoms with Crippen molar-refractivity contribution >= 4 is 13.4 Å². The summed E-state index contributed by atoms with van der Waals surface area (Å²) in [6.45, 7) is 18.2. The molecule has 0 rings (SSSR count). The Balaban J connectivity index is 5.21. The van der Waals surface area contributed by atoms with Crippen LogP contribution in [0.4, 0.5) is 0 Å². The van der Waals surface area contributed by atoms with E-state index in [1.807, 2.05) is 13.8 Å². The van der Waals surface area contributed by atoms with Crippen LogP contribution in [0.3, 0.4) is 0 Å². The zero-order valence-corrected chi connectivity index (χ0v) is 15.6. The number of carbonyl (C=O) groups excluding carboxylic acids is 1. The van der Waals surface area contributed by atoms with Crippen LogP contribution in [0.5, 0.6) is 0 Å². The normalized spacial score (nSPS) is 16.4. The Hall–Kier alpha value is -0.440. The molecule has 0 N–H and O–H groups in total. The standard InChI is InChI=1S/C16H31O4P/c1-10-12(2)13(3)14(17)11-21(18,19-15(4,5)6)20-16(7,8)9/h10,12-13H,1,11H2,2-9H3/t12-,13-/m0/s1. The summed E-state index contributed by atoms with van der Waals surface area (Å²) in [5.74, 6) is -0.364. The molecule has 0 amide bonds. The van der Waals surface area contributed by atoms with E-state index in [0.29, 0.717) is 0 Å². The first-order chi connectivity index (χ1) is 9.19. The maximum absolute atomic E-state index is 13.0. The van der Waals surface area contributed by atoms with E-state index >= 15 is 0 Å². The molecular weight excluding hydrogens is 287 g/mol. The molecule has 0 aromatic heterocycles. The summed E-state index contributed by atoms with van der Waals surface area (Å²) < 4.78 is 24.2. The Morgan fingerprint density at radius 1 is 1.10 bits per heavy atom. The minimum Gasteiger partial charge on any atom is -0.302 e. The number of hydrogen-bond donors (Lipinski definition) is 0. The molecule has 0 aliphatic rings. The number of hydrogen-bond acceptors (Lipinski definition) is 4. The van der Waals surface area contributed by atoms with Gasteiger partial charge in [-0.1, -0.05) is 19.9 Å². The van der Waals surface area contributed by atoms with Crippen LogP contribution < -0.4 is 0 Å². The lowest BCUT2D eigenvalue weighted by atomic mass is 9.93. The molecule has 21 heavy (non-hydrogen) atoms. The average molecular weight is 318 g/mol. The van der Waals surface area contributed by atoms with Crippen molar-refractivity contribution < 1.29 is 18.4 Å². The van der Waals surface area contributed by atoms with Gasteiger partial charge in [0.2, 0.25) is 0 Å². The Kier molecular flexibility index (Phi) is 7.06. The first-order valence-corrected chi connectivity index (χ1v) is 9.08. The van der Waals surface area contributed by atoms with Crippen LogP contribution in [-0.4, -0.2) is 23.1 Å². The fourth-order valence-corrected chi connectivity index (χ4v) is 4.25. The van der Waals surface area contributed by atoms with Crippen LogP contribution >= 0.6 is 7.60 Å². The fraction of sp³-hybridized carbons (Fsp3) is 0.812. The van der Waals surface area contributed by atoms with Crippen LogP contribution in [0.2, 0.25) is 0 Å². The lowest BCUT2D eigenvalue weighted by Crippen LogP contribution is -2.29. The maximum atomic E-state index is 13.0. The third kappa shape index (κ3) is 8.55. The number of allylic oxidation sites excluding steroid dienone is 1. The molecule has 0 saturated carbocycles. The van der Waals surface area contributed by atoms with Crippen LogP contribution in [0.1, 0.15) is 55.4 Å². The van der Waals surface area contributed by atoms with Crippen molar-refractivity contribution in [3.8, 4) is 0 Å². The summed E-state index contributed by atoms with van der Waals surface area (Å²) in [6.07, 6.45) is 1.52. The lowest BCUT2D eigenvalue weighted by molar-refractivity contribution is -0.121. The Bertz CT molecular complexity index is 395. The monoisotopic (exact) mass is 318 g/mol. The molecular formula is C16H31O4P. The predicted molar refractivity (Wildman–Crippen MR) is 87.7 cm³/mol. The van der Waals surface area contributed by atoms with E-state index in [1.54, 1.807) is 47.6 Å². The van der Waals surface area contributed by atoms with Gasteiger partial charge in [0.05, 0.1) is 11.2 Å². The second kappa shape index (κ2) is 7.21. The van der Waals surface area contributed by atoms with E-state index in [9.17, 15) is 9.36 Å². The number of carbonyl (C=O) groups is 1. The molecule has 0 heterocycles. The predicted octanol–water partition coefficient (Wildman–Crippen LogP) is 4.84. The smallest absolute Gasteiger partial charge is 0.302 e. The van der Waals surface area contributed by atoms with E-state index in [0.717, 1.165) is 0 Å². The number of ketones is 1. The topological polar surface area (TPSA) is 52.6 Å². The molecule has 0 fully saturated rings. The quantitative estimate of drug-likeness (QED) is 0.498. The van der Waals surface area contributed by atoms with Crippen molar-refractivity contribution in [3.05, 3.63) is 12.7 Å². The molecule has 0 aliphatic carbocycles. The van der Waals surface area contributed by atoms with E-state index in [1.165, 1.54) is 0 Å². The second-order valence-corrected chi connectivity index (χ2v) is 9.43. The van der Waals surface area contributed by atoms with Crippen molar-refractivity contribution in [1.82, 2.24) is 0 Å². The lowest BCUT2D eigenvalue weighted by Gasteiger charge is -2.32. The fourth-order valence-electron chi connectivity index (χ4n) is 1.75. The summed E-state index contributed by atoms with van der Waals surface area (Å²) in [5, 5.41) is 0. The van der Waals surface area contributed by atoms with Crippen molar-refractivity contribution in [3.63, 3.8) is 0 Å². The van der Waals surface area contributed by atoms with Gasteiger partial charge in [-0.05, 0) is 47.5 Å². The van der Waals surface area contributed by atoms with Gasteiger partial charge in [0, 0.05) is 5.92 Å². The van der Waals surface area contributed by atoms with Crippen LogP contribution in [0, 0.1) is 11.8 Å². The van der Waals surface area contributed by atoms with Gasteiger partial charge in [0.25, 0.3) is 0 Å². The maximum Gasteiger partial charge on any atom is 0.339 e. The van der Waals surface area contributed by atoms with E-state index in [2.05, 4.69) is 6.58 Å². The number of rotatable bonds is 7. The minimum atomic E-state index is -3.51. The minimum absolute atomic E-state index is 0.0234. The van der Waals surface area contributed by atoms with Crippen molar-refractivity contribution in [2.45, 2.75) is 66.6 Å². The van der Waals surface area contributed by atoms with Crippen LogP contribution in [0.25, 0.3) is 0 Å². The summed E-state index contributed by atoms with van der Waals surface area (Å²) >= 11 is 0. The largest absolute Gasteiger partial charge is 0.339 e. The van der Waals surface area contributed by atoms with Crippen LogP contribution in [0.15, 0.2) is 12.7 Å². The molecule has 0 aromatic carbocycles. The highest BCUT2D eigenvalue weighted by Gasteiger charge is 2.38. The van der Waals surface area contributed by atoms with Gasteiger partial charge in [-0.15, -0.1) is 6.58 Å². The Morgan fingerprint density at radius 2 is 1.48 bits per heavy atom. The molecule has 2 atom stereocenters. The highest BCUT2D eigenvalue weighted by Crippen LogP contribution is 2.54. The summed E-state index contributed by atoms with van der Waals surface area (Å²) in [5.41, 5.74) is -1.29. The highest BCUT2D eigenvalue weighted by atomic mass is 31.2. The molecule has 124 valence electrons. The molecule has 5 heteroatoms. The van der Waals surface area contributed by atoms with E-state index in [-0.39, 0.29) is 23.8 Å². The summed E-state index contributed by atoms with van der Waals surface area (Å²) in [4.78, 5) is 12.4. The molecule has 0 spiro atoms. The first-order valence-electron chi connectivity index (χ1n) is 7.35. The van der Waals surface area contributed by atoms with Gasteiger partial charge in [-0.3, -0.25) is 9.36 Å². The Labute approximate surface area is 129 Å². The third-order valence-corrected chi connectivity index (χ3v) is 5.19. The first kappa shape index (κ1) is 20.6. The molecule has 0 saturated heterocycles. The van der Waals surface area contributed by atoms with Gasteiger partial charge in [0.15, 0.2) is 0 Å². The molecule has 0 aliphatic heterocycles. The summed E-state index contributed by atoms with van der Waals surface area (Å²) in [7, 11) is -3.51. The Morgan fingerprint density at radius 3 is 1.76 bits per heavy atom. The molecule has 0 unspecified atom stereocenters.